The van der Waals surface area contributed by atoms with E-state index in [1.807, 2.05) is 70.2 Å². The second-order valence-electron chi connectivity index (χ2n) is 8.16. The third-order valence-corrected chi connectivity index (χ3v) is 5.54. The molecule has 3 rings (SSSR count). The van der Waals surface area contributed by atoms with Crippen molar-refractivity contribution in [3.63, 3.8) is 0 Å². The zero-order valence-corrected chi connectivity index (χ0v) is 18.0. The number of aryl methyl sites for hydroxylation is 2. The molecule has 0 aliphatic carbocycles. The minimum atomic E-state index is -0.656. The highest BCUT2D eigenvalue weighted by Gasteiger charge is 2.37. The van der Waals surface area contributed by atoms with E-state index in [0.29, 0.717) is 19.5 Å². The number of rotatable bonds is 6. The molecule has 0 spiro atoms. The van der Waals surface area contributed by atoms with E-state index in [-0.39, 0.29) is 23.6 Å². The van der Waals surface area contributed by atoms with Crippen LogP contribution in [0.1, 0.15) is 37.0 Å². The molecular weight excluding hydrogens is 378 g/mol. The van der Waals surface area contributed by atoms with Crippen LogP contribution in [-0.2, 0) is 20.9 Å². The fourth-order valence-electron chi connectivity index (χ4n) is 3.38. The molecule has 1 unspecified atom stereocenters. The normalized spacial score (nSPS) is 16.1. The molecule has 1 atom stereocenters. The second-order valence-corrected chi connectivity index (χ2v) is 8.16. The lowest BCUT2D eigenvalue weighted by molar-refractivity contribution is -0.132. The maximum absolute atomic E-state index is 12.8. The van der Waals surface area contributed by atoms with Crippen LogP contribution >= 0.6 is 0 Å². The van der Waals surface area contributed by atoms with E-state index in [0.717, 1.165) is 22.5 Å². The van der Waals surface area contributed by atoms with Gasteiger partial charge in [-0.2, -0.15) is 0 Å². The number of anilines is 2. The summed E-state index contributed by atoms with van der Waals surface area (Å²) < 4.78 is 0. The van der Waals surface area contributed by atoms with E-state index in [1.165, 1.54) is 5.56 Å². The highest BCUT2D eigenvalue weighted by atomic mass is 16.2. The lowest BCUT2D eigenvalue weighted by Crippen LogP contribution is -2.36. The van der Waals surface area contributed by atoms with E-state index < -0.39 is 5.92 Å². The fourth-order valence-corrected chi connectivity index (χ4v) is 3.38. The SMILES string of the molecule is Cc1ccc(N2CCC(C(=O)NCc3ccc(NC(=O)C(C)C)cc3)C2=O)cc1C. The molecule has 0 saturated carbocycles. The monoisotopic (exact) mass is 407 g/mol. The summed E-state index contributed by atoms with van der Waals surface area (Å²) in [7, 11) is 0. The molecule has 6 heteroatoms. The van der Waals surface area contributed by atoms with Crippen LogP contribution in [-0.4, -0.2) is 24.3 Å². The minimum absolute atomic E-state index is 0.0378. The third-order valence-electron chi connectivity index (χ3n) is 5.54. The van der Waals surface area contributed by atoms with Crippen molar-refractivity contribution < 1.29 is 14.4 Å². The Balaban J connectivity index is 1.55. The molecule has 3 amide bonds. The average molecular weight is 408 g/mol. The maximum Gasteiger partial charge on any atom is 0.239 e. The molecule has 1 heterocycles. The number of amides is 3. The van der Waals surface area contributed by atoms with Gasteiger partial charge in [0.1, 0.15) is 5.92 Å². The number of nitrogens with zero attached hydrogens (tertiary/aromatic N) is 1. The summed E-state index contributed by atoms with van der Waals surface area (Å²) in [5.41, 5.74) is 4.77. The second kappa shape index (κ2) is 9.11. The van der Waals surface area contributed by atoms with Gasteiger partial charge in [-0.3, -0.25) is 14.4 Å². The van der Waals surface area contributed by atoms with Gasteiger partial charge in [-0.25, -0.2) is 0 Å². The highest BCUT2D eigenvalue weighted by molar-refractivity contribution is 6.09. The minimum Gasteiger partial charge on any atom is -0.351 e. The summed E-state index contributed by atoms with van der Waals surface area (Å²) in [6.45, 7) is 8.61. The van der Waals surface area contributed by atoms with E-state index in [9.17, 15) is 14.4 Å². The van der Waals surface area contributed by atoms with Crippen LogP contribution in [0.2, 0.25) is 0 Å². The van der Waals surface area contributed by atoms with E-state index >= 15 is 0 Å². The molecule has 0 bridgehead atoms. The van der Waals surface area contributed by atoms with Gasteiger partial charge in [0.15, 0.2) is 0 Å². The van der Waals surface area contributed by atoms with Crippen LogP contribution < -0.4 is 15.5 Å². The Kier molecular flexibility index (Phi) is 6.55. The van der Waals surface area contributed by atoms with Gasteiger partial charge >= 0.3 is 0 Å². The van der Waals surface area contributed by atoms with Crippen molar-refractivity contribution in [2.45, 2.75) is 40.7 Å². The molecular formula is C24H29N3O3. The largest absolute Gasteiger partial charge is 0.351 e. The standard InChI is InChI=1S/C24H29N3O3/c1-15(2)22(28)26-19-8-6-18(7-9-19)14-25-23(29)21-11-12-27(24(21)30)20-10-5-16(3)17(4)13-20/h5-10,13,15,21H,11-12,14H2,1-4H3,(H,25,29)(H,26,28). The van der Waals surface area contributed by atoms with Gasteiger partial charge in [0, 0.05) is 30.4 Å². The van der Waals surface area contributed by atoms with Gasteiger partial charge in [-0.1, -0.05) is 32.0 Å². The van der Waals surface area contributed by atoms with Gasteiger partial charge in [-0.05, 0) is 61.2 Å². The predicted molar refractivity (Wildman–Crippen MR) is 118 cm³/mol. The Morgan fingerprint density at radius 1 is 1.07 bits per heavy atom. The fraction of sp³-hybridized carbons (Fsp3) is 0.375. The lowest BCUT2D eigenvalue weighted by atomic mass is 10.1. The molecule has 2 aromatic rings. The van der Waals surface area contributed by atoms with Crippen molar-refractivity contribution >= 4 is 29.1 Å². The maximum atomic E-state index is 12.8. The summed E-state index contributed by atoms with van der Waals surface area (Å²) in [5, 5.41) is 5.70. The van der Waals surface area contributed by atoms with Crippen molar-refractivity contribution in [2.75, 3.05) is 16.8 Å². The number of nitrogens with one attached hydrogen (secondary N) is 2. The number of carbonyl (C=O) groups excluding carboxylic acids is 3. The first kappa shape index (κ1) is 21.6. The Hall–Kier alpha value is -3.15. The lowest BCUT2D eigenvalue weighted by Gasteiger charge is -2.18. The molecule has 2 aromatic carbocycles. The van der Waals surface area contributed by atoms with Crippen LogP contribution in [0.5, 0.6) is 0 Å². The Labute approximate surface area is 177 Å². The molecule has 0 aromatic heterocycles. The predicted octanol–water partition coefficient (Wildman–Crippen LogP) is 3.57. The molecule has 0 radical (unpaired) electrons. The van der Waals surface area contributed by atoms with Gasteiger partial charge in [0.05, 0.1) is 0 Å². The molecule has 158 valence electrons. The zero-order chi connectivity index (χ0) is 21.8. The van der Waals surface area contributed by atoms with Gasteiger partial charge < -0.3 is 15.5 Å². The van der Waals surface area contributed by atoms with E-state index in [1.54, 1.807) is 4.90 Å². The Bertz CT molecular complexity index is 951. The van der Waals surface area contributed by atoms with Crippen molar-refractivity contribution in [3.05, 3.63) is 59.2 Å². The molecule has 2 N–H and O–H groups in total. The first-order valence-corrected chi connectivity index (χ1v) is 10.3. The summed E-state index contributed by atoms with van der Waals surface area (Å²) in [6.07, 6.45) is 0.512. The molecule has 1 aliphatic heterocycles. The Morgan fingerprint density at radius 3 is 2.40 bits per heavy atom. The summed E-state index contributed by atoms with van der Waals surface area (Å²) in [5.74, 6) is -1.18. The first-order chi connectivity index (χ1) is 14.3. The number of carbonyl (C=O) groups is 3. The molecule has 1 aliphatic rings. The average Bonchev–Trinajstić information content (AvgIpc) is 3.10. The van der Waals surface area contributed by atoms with Crippen LogP contribution in [0, 0.1) is 25.7 Å². The van der Waals surface area contributed by atoms with E-state index in [4.69, 9.17) is 0 Å². The van der Waals surface area contributed by atoms with E-state index in [2.05, 4.69) is 10.6 Å². The van der Waals surface area contributed by atoms with Crippen molar-refractivity contribution in [2.24, 2.45) is 11.8 Å². The molecule has 6 nitrogen and oxygen atoms in total. The summed E-state index contributed by atoms with van der Waals surface area (Å²) in [6, 6.07) is 13.3. The van der Waals surface area contributed by atoms with Crippen molar-refractivity contribution in [1.29, 1.82) is 0 Å². The van der Waals surface area contributed by atoms with Crippen molar-refractivity contribution in [3.8, 4) is 0 Å². The molecule has 1 saturated heterocycles. The first-order valence-electron chi connectivity index (χ1n) is 10.3. The van der Waals surface area contributed by atoms with Crippen LogP contribution in [0.25, 0.3) is 0 Å². The van der Waals surface area contributed by atoms with Crippen LogP contribution in [0.15, 0.2) is 42.5 Å². The summed E-state index contributed by atoms with van der Waals surface area (Å²) >= 11 is 0. The number of hydrogen-bond acceptors (Lipinski definition) is 3. The smallest absolute Gasteiger partial charge is 0.239 e. The van der Waals surface area contributed by atoms with Crippen LogP contribution in [0.3, 0.4) is 0 Å². The number of benzene rings is 2. The van der Waals surface area contributed by atoms with Crippen LogP contribution in [0.4, 0.5) is 11.4 Å². The topological polar surface area (TPSA) is 78.5 Å². The molecule has 30 heavy (non-hydrogen) atoms. The highest BCUT2D eigenvalue weighted by Crippen LogP contribution is 2.27. The van der Waals surface area contributed by atoms with Gasteiger partial charge in [0.25, 0.3) is 0 Å². The Morgan fingerprint density at radius 2 is 1.77 bits per heavy atom. The van der Waals surface area contributed by atoms with Crippen molar-refractivity contribution in [1.82, 2.24) is 5.32 Å². The van der Waals surface area contributed by atoms with Gasteiger partial charge in [-0.15, -0.1) is 0 Å². The number of hydrogen-bond donors (Lipinski definition) is 2. The zero-order valence-electron chi connectivity index (χ0n) is 18.0. The third kappa shape index (κ3) is 4.87. The quantitative estimate of drug-likeness (QED) is 0.719. The van der Waals surface area contributed by atoms with Gasteiger partial charge in [0.2, 0.25) is 17.7 Å². The molecule has 1 fully saturated rings. The summed E-state index contributed by atoms with van der Waals surface area (Å²) in [4.78, 5) is 38.8.